The minimum absolute atomic E-state index is 0.281. The molecule has 5 nitrogen and oxygen atoms in total. The quantitative estimate of drug-likeness (QED) is 0.774. The molecule has 1 aromatic rings. The molecule has 0 bridgehead atoms. The van der Waals surface area contributed by atoms with Gasteiger partial charge in [0.25, 0.3) is 0 Å². The summed E-state index contributed by atoms with van der Waals surface area (Å²) in [5.41, 5.74) is 6.69. The highest BCUT2D eigenvalue weighted by Crippen LogP contribution is 2.19. The van der Waals surface area contributed by atoms with Crippen molar-refractivity contribution < 1.29 is 4.74 Å². The van der Waals surface area contributed by atoms with Gasteiger partial charge in [-0.1, -0.05) is 6.92 Å². The number of aromatic nitrogens is 2. The van der Waals surface area contributed by atoms with E-state index in [1.807, 2.05) is 7.05 Å². The highest BCUT2D eigenvalue weighted by atomic mass is 16.5. The number of imidazole rings is 1. The van der Waals surface area contributed by atoms with E-state index >= 15 is 0 Å². The molecule has 0 saturated heterocycles. The van der Waals surface area contributed by atoms with Crippen LogP contribution in [0.2, 0.25) is 0 Å². The van der Waals surface area contributed by atoms with Crippen molar-refractivity contribution in [3.05, 3.63) is 11.9 Å². The highest BCUT2D eigenvalue weighted by molar-refractivity contribution is 5.33. The van der Waals surface area contributed by atoms with Gasteiger partial charge in [-0.25, -0.2) is 4.98 Å². The van der Waals surface area contributed by atoms with E-state index in [9.17, 15) is 0 Å². The number of nitrogens with two attached hydrogens (primary N) is 1. The third kappa shape index (κ3) is 3.44. The van der Waals surface area contributed by atoms with Crippen LogP contribution in [0.25, 0.3) is 0 Å². The number of methoxy groups -OCH3 is 1. The van der Waals surface area contributed by atoms with Gasteiger partial charge in [0, 0.05) is 33.4 Å². The zero-order chi connectivity index (χ0) is 12.8. The van der Waals surface area contributed by atoms with Crippen LogP contribution < -0.4 is 10.6 Å². The Hall–Kier alpha value is -1.07. The second kappa shape index (κ2) is 6.61. The van der Waals surface area contributed by atoms with Gasteiger partial charge in [-0.15, -0.1) is 0 Å². The van der Waals surface area contributed by atoms with Crippen LogP contribution >= 0.6 is 0 Å². The molecule has 2 N–H and O–H groups in total. The van der Waals surface area contributed by atoms with Crippen molar-refractivity contribution in [3.63, 3.8) is 0 Å². The molecule has 17 heavy (non-hydrogen) atoms. The Morgan fingerprint density at radius 3 is 2.82 bits per heavy atom. The number of anilines is 1. The van der Waals surface area contributed by atoms with E-state index < -0.39 is 0 Å². The first-order valence-electron chi connectivity index (χ1n) is 6.11. The molecule has 0 aromatic carbocycles. The van der Waals surface area contributed by atoms with Crippen LogP contribution in [0.15, 0.2) is 6.20 Å². The summed E-state index contributed by atoms with van der Waals surface area (Å²) in [6.07, 6.45) is 3.04. The van der Waals surface area contributed by atoms with E-state index in [4.69, 9.17) is 10.5 Å². The Morgan fingerprint density at radius 1 is 1.59 bits per heavy atom. The number of rotatable bonds is 7. The number of hydrogen-bond donors (Lipinski definition) is 1. The fourth-order valence-electron chi connectivity index (χ4n) is 1.83. The molecular weight excluding hydrogens is 216 g/mol. The van der Waals surface area contributed by atoms with Crippen LogP contribution in [-0.4, -0.2) is 43.4 Å². The van der Waals surface area contributed by atoms with Crippen LogP contribution in [0.1, 0.15) is 25.6 Å². The average Bonchev–Trinajstić information content (AvgIpc) is 2.73. The van der Waals surface area contributed by atoms with Gasteiger partial charge >= 0.3 is 0 Å². The summed E-state index contributed by atoms with van der Waals surface area (Å²) >= 11 is 0. The fourth-order valence-corrected chi connectivity index (χ4v) is 1.83. The summed E-state index contributed by atoms with van der Waals surface area (Å²) in [4.78, 5) is 6.72. The van der Waals surface area contributed by atoms with Crippen LogP contribution in [0, 0.1) is 0 Å². The molecule has 0 aliphatic rings. The van der Waals surface area contributed by atoms with Crippen molar-refractivity contribution in [1.29, 1.82) is 0 Å². The minimum atomic E-state index is 0.281. The summed E-state index contributed by atoms with van der Waals surface area (Å²) in [6, 6.07) is 0.281. The smallest absolute Gasteiger partial charge is 0.205 e. The Morgan fingerprint density at radius 2 is 2.29 bits per heavy atom. The van der Waals surface area contributed by atoms with E-state index in [-0.39, 0.29) is 6.04 Å². The topological polar surface area (TPSA) is 56.3 Å². The zero-order valence-corrected chi connectivity index (χ0v) is 11.3. The van der Waals surface area contributed by atoms with Crippen LogP contribution in [0.4, 0.5) is 5.95 Å². The van der Waals surface area contributed by atoms with E-state index in [1.54, 1.807) is 7.11 Å². The predicted octanol–water partition coefficient (Wildman–Crippen LogP) is 1.05. The lowest BCUT2D eigenvalue weighted by atomic mass is 10.3. The molecule has 0 amide bonds. The minimum Gasteiger partial charge on any atom is -0.383 e. The van der Waals surface area contributed by atoms with E-state index in [1.165, 1.54) is 0 Å². The molecule has 1 atom stereocenters. The van der Waals surface area contributed by atoms with Crippen molar-refractivity contribution in [2.75, 3.05) is 38.8 Å². The first kappa shape index (κ1) is 14.0. The second-order valence-corrected chi connectivity index (χ2v) is 4.31. The number of ether oxygens (including phenoxy) is 1. The summed E-state index contributed by atoms with van der Waals surface area (Å²) in [6.45, 7) is 6.36. The maximum Gasteiger partial charge on any atom is 0.205 e. The molecule has 1 unspecified atom stereocenters. The van der Waals surface area contributed by atoms with Gasteiger partial charge in [0.2, 0.25) is 5.95 Å². The molecular formula is C12H24N4O. The molecule has 0 radical (unpaired) electrons. The van der Waals surface area contributed by atoms with Crippen molar-refractivity contribution in [1.82, 2.24) is 9.55 Å². The fraction of sp³-hybridized carbons (Fsp3) is 0.750. The lowest BCUT2D eigenvalue weighted by molar-refractivity contribution is 0.162. The lowest BCUT2D eigenvalue weighted by Crippen LogP contribution is -2.28. The van der Waals surface area contributed by atoms with Gasteiger partial charge in [-0.05, 0) is 13.3 Å². The molecule has 1 rings (SSSR count). The van der Waals surface area contributed by atoms with Gasteiger partial charge in [-0.2, -0.15) is 0 Å². The number of nitrogens with zero attached hydrogens (tertiary/aromatic N) is 3. The van der Waals surface area contributed by atoms with Gasteiger partial charge in [0.15, 0.2) is 0 Å². The third-order valence-electron chi connectivity index (χ3n) is 2.81. The summed E-state index contributed by atoms with van der Waals surface area (Å²) < 4.78 is 7.37. The average molecular weight is 240 g/mol. The lowest BCUT2D eigenvalue weighted by Gasteiger charge is -2.22. The number of aryl methyl sites for hydroxylation is 1. The normalized spacial score (nSPS) is 12.8. The Bertz CT molecular complexity index is 308. The Balaban J connectivity index is 2.96. The number of likely N-dealkylation sites (N-methyl/N-ethyl adjacent to an activating group) is 1. The monoisotopic (exact) mass is 240 g/mol. The standard InChI is InChI=1S/C12H24N4O/c1-5-11-8-16(10(2)9-17-4)12(14-11)15(3)7-6-13/h8,10H,5-7,9,13H2,1-4H3. The molecule has 1 heterocycles. The van der Waals surface area contributed by atoms with E-state index in [2.05, 4.69) is 34.5 Å². The van der Waals surface area contributed by atoms with E-state index in [0.29, 0.717) is 13.2 Å². The van der Waals surface area contributed by atoms with Gasteiger partial charge in [0.1, 0.15) is 0 Å². The Labute approximate surface area is 104 Å². The molecule has 98 valence electrons. The van der Waals surface area contributed by atoms with Crippen LogP contribution in [0.5, 0.6) is 0 Å². The summed E-state index contributed by atoms with van der Waals surface area (Å²) in [5, 5.41) is 0. The first-order chi connectivity index (χ1) is 8.13. The predicted molar refractivity (Wildman–Crippen MR) is 70.5 cm³/mol. The first-order valence-corrected chi connectivity index (χ1v) is 6.11. The van der Waals surface area contributed by atoms with Crippen LogP contribution in [0.3, 0.4) is 0 Å². The maximum atomic E-state index is 5.59. The maximum absolute atomic E-state index is 5.59. The molecule has 0 fully saturated rings. The second-order valence-electron chi connectivity index (χ2n) is 4.31. The van der Waals surface area contributed by atoms with Crippen LogP contribution in [-0.2, 0) is 11.2 Å². The molecule has 0 aliphatic heterocycles. The summed E-state index contributed by atoms with van der Waals surface area (Å²) in [7, 11) is 3.74. The van der Waals surface area contributed by atoms with Crippen molar-refractivity contribution in [2.24, 2.45) is 5.73 Å². The number of hydrogen-bond acceptors (Lipinski definition) is 4. The van der Waals surface area contributed by atoms with Crippen molar-refractivity contribution >= 4 is 5.95 Å². The molecule has 0 spiro atoms. The van der Waals surface area contributed by atoms with Gasteiger partial charge in [0.05, 0.1) is 18.3 Å². The van der Waals surface area contributed by atoms with Crippen molar-refractivity contribution in [3.8, 4) is 0 Å². The van der Waals surface area contributed by atoms with E-state index in [0.717, 1.165) is 24.6 Å². The molecule has 1 aromatic heterocycles. The SMILES string of the molecule is CCc1cn(C(C)COC)c(N(C)CCN)n1. The van der Waals surface area contributed by atoms with Gasteiger partial charge in [-0.3, -0.25) is 0 Å². The summed E-state index contributed by atoms with van der Waals surface area (Å²) in [5.74, 6) is 0.969. The zero-order valence-electron chi connectivity index (χ0n) is 11.3. The molecule has 0 aliphatic carbocycles. The largest absolute Gasteiger partial charge is 0.383 e. The Kier molecular flexibility index (Phi) is 5.44. The molecule has 0 saturated carbocycles. The highest BCUT2D eigenvalue weighted by Gasteiger charge is 2.15. The van der Waals surface area contributed by atoms with Crippen molar-refractivity contribution in [2.45, 2.75) is 26.3 Å². The third-order valence-corrected chi connectivity index (χ3v) is 2.81. The molecule has 5 heteroatoms. The van der Waals surface area contributed by atoms with Gasteiger partial charge < -0.3 is 19.9 Å².